The topological polar surface area (TPSA) is 63.9 Å². The van der Waals surface area contributed by atoms with Gasteiger partial charge in [-0.25, -0.2) is 4.98 Å². The summed E-state index contributed by atoms with van der Waals surface area (Å²) < 4.78 is 7.61. The highest BCUT2D eigenvalue weighted by atomic mass is 79.9. The summed E-state index contributed by atoms with van der Waals surface area (Å²) >= 11 is 3.43. The number of aromatic nitrogens is 2. The smallest absolute Gasteiger partial charge is 0.307 e. The molecule has 2 heterocycles. The number of rotatable bonds is 7. The molecule has 2 rings (SSSR count). The van der Waals surface area contributed by atoms with Gasteiger partial charge in [0, 0.05) is 23.8 Å². The number of carbonyl (C=O) groups is 2. The number of hydrogen-bond donors (Lipinski definition) is 0. The molecule has 2 aromatic rings. The van der Waals surface area contributed by atoms with Gasteiger partial charge in [0.2, 0.25) is 0 Å². The first-order valence-corrected chi connectivity index (χ1v) is 8.86. The summed E-state index contributed by atoms with van der Waals surface area (Å²) in [6, 6.07) is 3.75. The summed E-state index contributed by atoms with van der Waals surface area (Å²) in [5, 5.41) is 0. The molecule has 6 nitrogen and oxygen atoms in total. The fourth-order valence-corrected chi connectivity index (χ4v) is 2.92. The van der Waals surface area contributed by atoms with Gasteiger partial charge in [-0.2, -0.15) is 0 Å². The molecule has 0 bridgehead atoms. The van der Waals surface area contributed by atoms with E-state index in [1.54, 1.807) is 16.2 Å². The number of esters is 1. The highest BCUT2D eigenvalue weighted by molar-refractivity contribution is 9.10. The average molecular weight is 396 g/mol. The number of ether oxygens (including phenoxy) is 1. The first-order chi connectivity index (χ1) is 11.5. The van der Waals surface area contributed by atoms with Gasteiger partial charge < -0.3 is 9.64 Å². The third kappa shape index (κ3) is 4.14. The van der Waals surface area contributed by atoms with Crippen molar-refractivity contribution in [3.05, 3.63) is 34.2 Å². The molecule has 0 radical (unpaired) electrons. The molecule has 0 aliphatic heterocycles. The van der Waals surface area contributed by atoms with E-state index in [9.17, 15) is 9.59 Å². The Labute approximate surface area is 149 Å². The normalized spacial score (nSPS) is 10.8. The zero-order valence-corrected chi connectivity index (χ0v) is 15.8. The quantitative estimate of drug-likeness (QED) is 0.675. The van der Waals surface area contributed by atoms with E-state index in [-0.39, 0.29) is 18.3 Å². The monoisotopic (exact) mass is 395 g/mol. The van der Waals surface area contributed by atoms with Crippen LogP contribution >= 0.6 is 15.9 Å². The summed E-state index contributed by atoms with van der Waals surface area (Å²) in [4.78, 5) is 30.7. The van der Waals surface area contributed by atoms with Gasteiger partial charge in [-0.05, 0) is 48.3 Å². The maximum atomic E-state index is 13.0. The number of aryl methyl sites for hydroxylation is 1. The van der Waals surface area contributed by atoms with Crippen LogP contribution in [0.3, 0.4) is 0 Å². The van der Waals surface area contributed by atoms with Crippen molar-refractivity contribution >= 4 is 33.5 Å². The molecule has 0 atom stereocenters. The number of halogens is 1. The van der Waals surface area contributed by atoms with Crippen molar-refractivity contribution in [3.8, 4) is 0 Å². The van der Waals surface area contributed by atoms with Gasteiger partial charge in [0.25, 0.3) is 5.91 Å². The van der Waals surface area contributed by atoms with Crippen molar-refractivity contribution in [2.75, 3.05) is 19.7 Å². The van der Waals surface area contributed by atoms with Gasteiger partial charge in [-0.3, -0.25) is 14.0 Å². The Kier molecular flexibility index (Phi) is 6.36. The van der Waals surface area contributed by atoms with Crippen molar-refractivity contribution in [1.29, 1.82) is 0 Å². The molecule has 0 fully saturated rings. The zero-order chi connectivity index (χ0) is 17.7. The minimum atomic E-state index is -0.288. The van der Waals surface area contributed by atoms with Crippen LogP contribution in [0.1, 0.15) is 42.9 Å². The second-order valence-corrected chi connectivity index (χ2v) is 6.38. The minimum Gasteiger partial charge on any atom is -0.466 e. The number of nitrogens with zero attached hydrogens (tertiary/aromatic N) is 3. The number of pyridine rings is 1. The van der Waals surface area contributed by atoms with Gasteiger partial charge in [-0.15, -0.1) is 0 Å². The minimum absolute atomic E-state index is 0.121. The molecule has 0 unspecified atom stereocenters. The third-order valence-electron chi connectivity index (χ3n) is 3.63. The van der Waals surface area contributed by atoms with Crippen LogP contribution in [0.4, 0.5) is 0 Å². The molecule has 24 heavy (non-hydrogen) atoms. The van der Waals surface area contributed by atoms with E-state index in [4.69, 9.17) is 4.74 Å². The van der Waals surface area contributed by atoms with Gasteiger partial charge in [-0.1, -0.05) is 6.92 Å². The highest BCUT2D eigenvalue weighted by Crippen LogP contribution is 2.18. The molecule has 0 aromatic carbocycles. The summed E-state index contributed by atoms with van der Waals surface area (Å²) in [7, 11) is 0. The lowest BCUT2D eigenvalue weighted by molar-refractivity contribution is -0.143. The Bertz CT molecular complexity index is 742. The Morgan fingerprint density at radius 3 is 2.71 bits per heavy atom. The molecule has 130 valence electrons. The van der Waals surface area contributed by atoms with Crippen LogP contribution < -0.4 is 0 Å². The maximum Gasteiger partial charge on any atom is 0.307 e. The molecule has 0 N–H and O–H groups in total. The molecule has 0 aliphatic rings. The molecule has 0 aliphatic carbocycles. The van der Waals surface area contributed by atoms with Crippen molar-refractivity contribution in [3.63, 3.8) is 0 Å². The highest BCUT2D eigenvalue weighted by Gasteiger charge is 2.23. The largest absolute Gasteiger partial charge is 0.466 e. The lowest BCUT2D eigenvalue weighted by Crippen LogP contribution is -2.35. The van der Waals surface area contributed by atoms with E-state index < -0.39 is 0 Å². The Balaban J connectivity index is 2.27. The fraction of sp³-hybridized carbons (Fsp3) is 0.471. The number of amides is 1. The van der Waals surface area contributed by atoms with Crippen LogP contribution in [0.2, 0.25) is 0 Å². The van der Waals surface area contributed by atoms with E-state index in [0.29, 0.717) is 31.1 Å². The molecule has 2 aromatic heterocycles. The summed E-state index contributed by atoms with van der Waals surface area (Å²) in [5.74, 6) is -0.409. The van der Waals surface area contributed by atoms with Crippen molar-refractivity contribution in [2.45, 2.75) is 33.6 Å². The standard InChI is InChI=1S/C17H22BrN3O3/c1-4-9-20(10-8-15(22)24-5-2)17(23)16-12(3)19-14-7-6-13(18)11-21(14)16/h6-7,11H,4-5,8-10H2,1-3H3. The van der Waals surface area contributed by atoms with Crippen LogP contribution in [-0.4, -0.2) is 45.9 Å². The maximum absolute atomic E-state index is 13.0. The van der Waals surface area contributed by atoms with Gasteiger partial charge >= 0.3 is 5.97 Å². The number of imidazole rings is 1. The molecule has 7 heteroatoms. The van der Waals surface area contributed by atoms with Crippen molar-refractivity contribution in [2.24, 2.45) is 0 Å². The Morgan fingerprint density at radius 2 is 2.04 bits per heavy atom. The zero-order valence-electron chi connectivity index (χ0n) is 14.2. The van der Waals surface area contributed by atoms with E-state index in [2.05, 4.69) is 20.9 Å². The SMILES string of the molecule is CCCN(CCC(=O)OCC)C(=O)c1c(C)nc2ccc(Br)cn12. The van der Waals surface area contributed by atoms with Crippen LogP contribution in [0.25, 0.3) is 5.65 Å². The predicted molar refractivity (Wildman–Crippen MR) is 95.1 cm³/mol. The summed E-state index contributed by atoms with van der Waals surface area (Å²) in [6.45, 7) is 6.87. The van der Waals surface area contributed by atoms with E-state index in [1.807, 2.05) is 32.2 Å². The van der Waals surface area contributed by atoms with Gasteiger partial charge in [0.1, 0.15) is 11.3 Å². The van der Waals surface area contributed by atoms with Crippen molar-refractivity contribution < 1.29 is 14.3 Å². The molecular weight excluding hydrogens is 374 g/mol. The average Bonchev–Trinajstić information content (AvgIpc) is 2.86. The molecule has 1 amide bonds. The van der Waals surface area contributed by atoms with Crippen LogP contribution in [0.5, 0.6) is 0 Å². The van der Waals surface area contributed by atoms with E-state index in [1.165, 1.54) is 0 Å². The number of hydrogen-bond acceptors (Lipinski definition) is 4. The van der Waals surface area contributed by atoms with E-state index in [0.717, 1.165) is 16.5 Å². The first-order valence-electron chi connectivity index (χ1n) is 8.07. The number of carbonyl (C=O) groups excluding carboxylic acids is 2. The third-order valence-corrected chi connectivity index (χ3v) is 4.10. The lowest BCUT2D eigenvalue weighted by Gasteiger charge is -2.22. The summed E-state index contributed by atoms with van der Waals surface area (Å²) in [5.41, 5.74) is 1.93. The fourth-order valence-electron chi connectivity index (χ4n) is 2.59. The Morgan fingerprint density at radius 1 is 1.29 bits per heavy atom. The molecule has 0 saturated carbocycles. The van der Waals surface area contributed by atoms with Crippen molar-refractivity contribution in [1.82, 2.24) is 14.3 Å². The molecule has 0 spiro atoms. The molecular formula is C17H22BrN3O3. The first kappa shape index (κ1) is 18.4. The molecule has 0 saturated heterocycles. The summed E-state index contributed by atoms with van der Waals surface area (Å²) in [6.07, 6.45) is 2.84. The number of fused-ring (bicyclic) bond motifs is 1. The van der Waals surface area contributed by atoms with Gasteiger partial charge in [0.05, 0.1) is 18.7 Å². The second kappa shape index (κ2) is 8.28. The predicted octanol–water partition coefficient (Wildman–Crippen LogP) is 3.21. The van der Waals surface area contributed by atoms with Crippen LogP contribution in [0.15, 0.2) is 22.8 Å². The van der Waals surface area contributed by atoms with E-state index >= 15 is 0 Å². The van der Waals surface area contributed by atoms with Crippen LogP contribution in [-0.2, 0) is 9.53 Å². The lowest BCUT2D eigenvalue weighted by atomic mass is 10.2. The second-order valence-electron chi connectivity index (χ2n) is 5.47. The Hall–Kier alpha value is -1.89. The van der Waals surface area contributed by atoms with Crippen LogP contribution in [0, 0.1) is 6.92 Å². The van der Waals surface area contributed by atoms with Gasteiger partial charge in [0.15, 0.2) is 0 Å².